The molecule has 0 atom stereocenters. The summed E-state index contributed by atoms with van der Waals surface area (Å²) in [6.07, 6.45) is 2.07. The minimum atomic E-state index is -1.87. The highest BCUT2D eigenvalue weighted by Crippen LogP contribution is 2.25. The Bertz CT molecular complexity index is 1640. The van der Waals surface area contributed by atoms with Crippen molar-refractivity contribution in [1.82, 2.24) is 15.0 Å². The maximum absolute atomic E-state index is 11.5. The lowest BCUT2D eigenvalue weighted by atomic mass is 10.1. The van der Waals surface area contributed by atoms with Crippen LogP contribution in [-0.4, -0.2) is 40.0 Å². The number of hydrogen-bond donors (Lipinski definition) is 2. The molecule has 0 amide bonds. The molecule has 0 aliphatic heterocycles. The highest BCUT2D eigenvalue weighted by atomic mass is 16.5. The second-order valence-corrected chi connectivity index (χ2v) is 8.93. The van der Waals surface area contributed by atoms with Gasteiger partial charge in [0, 0.05) is 22.5 Å². The van der Waals surface area contributed by atoms with Gasteiger partial charge in [-0.2, -0.15) is 15.0 Å². The van der Waals surface area contributed by atoms with Crippen LogP contribution in [0.25, 0.3) is 23.5 Å². The Morgan fingerprint density at radius 2 is 1.09 bits per heavy atom. The Morgan fingerprint density at radius 1 is 0.659 bits per heavy atom. The molecule has 4 rings (SSSR count). The van der Waals surface area contributed by atoms with Crippen LogP contribution in [0.1, 0.15) is 11.1 Å². The summed E-state index contributed by atoms with van der Waals surface area (Å²) in [6.45, 7) is 3.11. The number of aromatic nitrogens is 3. The monoisotopic (exact) mass is 591 g/mol. The Morgan fingerprint density at radius 3 is 1.48 bits per heavy atom. The number of nitrogens with one attached hydrogen (secondary N) is 2. The number of methoxy groups -OCH3 is 1. The van der Waals surface area contributed by atoms with Crippen molar-refractivity contribution in [2.75, 3.05) is 17.7 Å². The largest absolute Gasteiger partial charge is 0.872 e. The lowest BCUT2D eigenvalue weighted by Gasteiger charge is -2.15. The fourth-order valence-electron chi connectivity index (χ4n) is 3.73. The summed E-state index contributed by atoms with van der Waals surface area (Å²) >= 11 is 0. The molecule has 13 nitrogen and oxygen atoms in total. The third kappa shape index (κ3) is 7.82. The summed E-state index contributed by atoms with van der Waals surface area (Å²) in [5.41, 5.74) is 0.804. The summed E-state index contributed by atoms with van der Waals surface area (Å²) in [4.78, 5) is 46.6. The molecule has 0 unspecified atom stereocenters. The molecular weight excluding hydrogens is 570 g/mol. The van der Waals surface area contributed by atoms with Crippen molar-refractivity contribution in [3.8, 4) is 17.1 Å². The molecule has 0 radical (unpaired) electrons. The van der Waals surface area contributed by atoms with Gasteiger partial charge in [-0.05, 0) is 77.4 Å². The van der Waals surface area contributed by atoms with E-state index < -0.39 is 34.8 Å². The van der Waals surface area contributed by atoms with E-state index in [4.69, 9.17) is 4.74 Å². The molecule has 4 aromatic rings. The first kappa shape index (κ1) is 30.5. The van der Waals surface area contributed by atoms with Gasteiger partial charge in [0.25, 0.3) is 0 Å². The van der Waals surface area contributed by atoms with E-state index in [0.29, 0.717) is 34.1 Å². The molecule has 0 spiro atoms. The molecule has 222 valence electrons. The summed E-state index contributed by atoms with van der Waals surface area (Å²) in [6, 6.07) is 19.4. The normalized spacial score (nSPS) is 10.8. The van der Waals surface area contributed by atoms with E-state index in [1.165, 1.54) is 12.1 Å². The first-order valence-electron chi connectivity index (χ1n) is 12.6. The molecule has 3 aromatic carbocycles. The van der Waals surface area contributed by atoms with Gasteiger partial charge in [-0.3, -0.25) is 0 Å². The fraction of sp³-hybridized carbons (Fsp3) is 0.0323. The molecule has 0 aliphatic carbocycles. The number of carbonyl (C=O) groups is 3. The predicted molar refractivity (Wildman–Crippen MR) is 151 cm³/mol. The van der Waals surface area contributed by atoms with Crippen molar-refractivity contribution in [3.63, 3.8) is 0 Å². The second kappa shape index (κ2) is 13.4. The van der Waals surface area contributed by atoms with Crippen molar-refractivity contribution in [2.24, 2.45) is 0 Å². The number of hydrogen-bond acceptors (Lipinski definition) is 13. The number of carbonyl (C=O) groups excluding carboxylic acids is 3. The van der Waals surface area contributed by atoms with E-state index in [0.717, 1.165) is 12.2 Å². The van der Waals surface area contributed by atoms with Gasteiger partial charge in [0.05, 0.1) is 25.0 Å². The van der Waals surface area contributed by atoms with E-state index in [2.05, 4.69) is 32.2 Å². The van der Waals surface area contributed by atoms with Crippen molar-refractivity contribution < 1.29 is 39.5 Å². The maximum atomic E-state index is 11.5. The van der Waals surface area contributed by atoms with Crippen LogP contribution in [0, 0.1) is 0 Å². The Hall–Kier alpha value is -6.50. The van der Waals surface area contributed by atoms with Crippen molar-refractivity contribution in [2.45, 2.75) is 0 Å². The lowest BCUT2D eigenvalue weighted by Crippen LogP contribution is -2.36. The van der Waals surface area contributed by atoms with E-state index in [9.17, 15) is 34.8 Å². The maximum Gasteiger partial charge on any atom is 0.232 e. The fourth-order valence-corrected chi connectivity index (χ4v) is 3.73. The van der Waals surface area contributed by atoms with Crippen molar-refractivity contribution in [1.29, 1.82) is 0 Å². The van der Waals surface area contributed by atoms with Gasteiger partial charge in [0.2, 0.25) is 11.9 Å². The number of rotatable bonds is 12. The summed E-state index contributed by atoms with van der Waals surface area (Å²) < 4.78 is 5.21. The predicted octanol–water partition coefficient (Wildman–Crippen LogP) is -0.0751. The third-order valence-corrected chi connectivity index (χ3v) is 5.90. The molecule has 0 saturated carbocycles. The zero-order valence-electron chi connectivity index (χ0n) is 22.9. The van der Waals surface area contributed by atoms with Crippen molar-refractivity contribution >= 4 is 53.3 Å². The van der Waals surface area contributed by atoms with Crippen LogP contribution in [0.15, 0.2) is 96.3 Å². The number of carboxylic acids is 3. The lowest BCUT2D eigenvalue weighted by molar-refractivity contribution is -0.315. The highest BCUT2D eigenvalue weighted by molar-refractivity contribution is 6.14. The molecule has 0 fully saturated rings. The minimum Gasteiger partial charge on any atom is -0.872 e. The van der Waals surface area contributed by atoms with Gasteiger partial charge in [-0.1, -0.05) is 24.3 Å². The van der Waals surface area contributed by atoms with E-state index >= 15 is 0 Å². The summed E-state index contributed by atoms with van der Waals surface area (Å²) in [7, 11) is 1.54. The quantitative estimate of drug-likeness (QED) is 0.0726. The highest BCUT2D eigenvalue weighted by Gasteiger charge is 2.11. The van der Waals surface area contributed by atoms with Crippen LogP contribution in [0.5, 0.6) is 5.75 Å². The number of carboxylic acid groups (broad SMARTS) is 3. The molecule has 0 saturated heterocycles. The van der Waals surface area contributed by atoms with Gasteiger partial charge < -0.3 is 50.2 Å². The van der Waals surface area contributed by atoms with Gasteiger partial charge in [0.1, 0.15) is 5.75 Å². The summed E-state index contributed by atoms with van der Waals surface area (Å²) in [5, 5.41) is 50.8. The Kier molecular flexibility index (Phi) is 9.30. The average Bonchev–Trinajstić information content (AvgIpc) is 2.99. The molecule has 44 heavy (non-hydrogen) atoms. The van der Waals surface area contributed by atoms with Crippen LogP contribution in [0.4, 0.5) is 23.3 Å². The molecule has 1 heterocycles. The molecule has 2 N–H and O–H groups in total. The second-order valence-electron chi connectivity index (χ2n) is 8.93. The van der Waals surface area contributed by atoms with Crippen LogP contribution < -0.4 is 35.8 Å². The SMILES string of the molecule is C=C([O-])/C(=C/c1ccc(Nc2nc(Nc3ccc(C=C(C(=O)[O-])C(=O)[O-])cc3)nc(-c3ccc(OC)cc3)n2)cc1)C(=O)[O-]. The van der Waals surface area contributed by atoms with Crippen LogP contribution >= 0.6 is 0 Å². The first-order valence-corrected chi connectivity index (χ1v) is 12.6. The van der Waals surface area contributed by atoms with E-state index in [1.807, 2.05) is 0 Å². The molecule has 1 aromatic heterocycles. The molecule has 13 heteroatoms. The van der Waals surface area contributed by atoms with E-state index in [-0.39, 0.29) is 17.5 Å². The number of ether oxygens (including phenoxy) is 1. The van der Waals surface area contributed by atoms with Crippen LogP contribution in [-0.2, 0) is 14.4 Å². The average molecular weight is 592 g/mol. The van der Waals surface area contributed by atoms with E-state index in [1.54, 1.807) is 67.8 Å². The Balaban J connectivity index is 1.64. The smallest absolute Gasteiger partial charge is 0.232 e. The zero-order valence-corrected chi connectivity index (χ0v) is 22.9. The Labute approximate surface area is 250 Å². The van der Waals surface area contributed by atoms with Gasteiger partial charge in [-0.15, -0.1) is 12.3 Å². The van der Waals surface area contributed by atoms with Crippen LogP contribution in [0.3, 0.4) is 0 Å². The number of anilines is 4. The standard InChI is InChI=1S/C31H25N5O8/c1-17(37)24(27(38)39)15-18-3-9-21(10-4-18)32-30-34-26(20-7-13-23(44-2)14-8-20)35-31(36-30)33-22-11-5-19(6-12-22)16-25(28(40)41)29(42)43/h3-16,37H,1H2,2H3,(H,38,39)(H,40,41)(H,42,43)(H2,32,33,34,35,36)/p-4/b24-15-. The number of nitrogens with zero attached hydrogens (tertiary/aromatic N) is 3. The van der Waals surface area contributed by atoms with Crippen molar-refractivity contribution in [3.05, 3.63) is 107 Å². The number of benzene rings is 3. The zero-order chi connectivity index (χ0) is 31.8. The minimum absolute atomic E-state index is 0.133. The topological polar surface area (TPSA) is 215 Å². The van der Waals surface area contributed by atoms with Gasteiger partial charge in [0.15, 0.2) is 5.82 Å². The molecule has 0 aliphatic rings. The summed E-state index contributed by atoms with van der Waals surface area (Å²) in [5.74, 6) is -5.04. The molecular formula is C31H21N5O8-4. The number of aliphatic carboxylic acids is 3. The first-order chi connectivity index (χ1) is 21.0. The van der Waals surface area contributed by atoms with Gasteiger partial charge >= 0.3 is 0 Å². The third-order valence-electron chi connectivity index (χ3n) is 5.90. The van der Waals surface area contributed by atoms with Gasteiger partial charge in [-0.25, -0.2) is 0 Å². The molecule has 0 bridgehead atoms. The van der Waals surface area contributed by atoms with Crippen LogP contribution in [0.2, 0.25) is 0 Å².